The number of para-hydroxylation sites is 1. The first kappa shape index (κ1) is 27.5. The minimum absolute atomic E-state index is 0.000839. The van der Waals surface area contributed by atoms with Gasteiger partial charge >= 0.3 is 6.18 Å². The molecule has 8 nitrogen and oxygen atoms in total. The van der Waals surface area contributed by atoms with Gasteiger partial charge in [0.1, 0.15) is 24.1 Å². The Kier molecular flexibility index (Phi) is 7.71. The summed E-state index contributed by atoms with van der Waals surface area (Å²) in [6.45, 7) is 6.08. The number of rotatable bonds is 8. The SMILES string of the molecule is COc1nc(P(C)(C)=O)ccc1Nc1cc(Nc2ccccc2S(=O)(=O)C(C)C)c(C(F)(F)F)cn1. The van der Waals surface area contributed by atoms with E-state index >= 15 is 0 Å². The summed E-state index contributed by atoms with van der Waals surface area (Å²) < 4.78 is 84.4. The number of pyridine rings is 2. The fraction of sp³-hybridized carbons (Fsp3) is 0.304. The molecule has 0 bridgehead atoms. The highest BCUT2D eigenvalue weighted by molar-refractivity contribution is 7.92. The smallest absolute Gasteiger partial charge is 0.419 e. The summed E-state index contributed by atoms with van der Waals surface area (Å²) in [5, 5.41) is 4.71. The quantitative estimate of drug-likeness (QED) is 0.363. The van der Waals surface area contributed by atoms with Crippen LogP contribution in [0, 0.1) is 0 Å². The number of methoxy groups -OCH3 is 1. The molecule has 0 saturated heterocycles. The lowest BCUT2D eigenvalue weighted by Crippen LogP contribution is -2.16. The molecular weight excluding hydrogens is 516 g/mol. The standard InChI is InChI=1S/C23H26F3N4O4PS/c1-14(2)36(32,33)19-9-7-6-8-16(19)28-18-12-20(27-13-15(18)23(24,25)26)29-17-10-11-21(35(4,5)31)30-22(17)34-3/h6-14H,1-5H3,(H2,27,28,29). The Bertz CT molecular complexity index is 1420. The minimum atomic E-state index is -4.76. The predicted octanol–water partition coefficient (Wildman–Crippen LogP) is 5.42. The zero-order chi connectivity index (χ0) is 26.9. The van der Waals surface area contributed by atoms with Crippen LogP contribution in [-0.2, 0) is 20.6 Å². The van der Waals surface area contributed by atoms with Gasteiger partial charge in [0.2, 0.25) is 5.88 Å². The molecule has 2 aromatic heterocycles. The third-order valence-electron chi connectivity index (χ3n) is 5.15. The Balaban J connectivity index is 2.07. The number of nitrogens with one attached hydrogen (secondary N) is 2. The van der Waals surface area contributed by atoms with E-state index in [1.165, 1.54) is 57.4 Å². The number of hydrogen-bond donors (Lipinski definition) is 2. The third-order valence-corrected chi connectivity index (χ3v) is 8.71. The molecule has 0 saturated carbocycles. The lowest BCUT2D eigenvalue weighted by molar-refractivity contribution is -0.137. The van der Waals surface area contributed by atoms with E-state index in [1.807, 2.05) is 0 Å². The molecule has 3 rings (SSSR count). The molecule has 0 aliphatic heterocycles. The largest absolute Gasteiger partial charge is 0.479 e. The number of anilines is 4. The van der Waals surface area contributed by atoms with Gasteiger partial charge in [0.25, 0.3) is 0 Å². The van der Waals surface area contributed by atoms with E-state index < -0.39 is 39.7 Å². The lowest BCUT2D eigenvalue weighted by atomic mass is 10.2. The molecule has 1 aromatic carbocycles. The number of sulfone groups is 1. The van der Waals surface area contributed by atoms with Crippen molar-refractivity contribution in [2.24, 2.45) is 0 Å². The second-order valence-electron chi connectivity index (χ2n) is 8.53. The van der Waals surface area contributed by atoms with Gasteiger partial charge < -0.3 is 19.9 Å². The fourth-order valence-electron chi connectivity index (χ4n) is 3.19. The Hall–Kier alpha value is -3.11. The van der Waals surface area contributed by atoms with Crippen molar-refractivity contribution in [1.82, 2.24) is 9.97 Å². The van der Waals surface area contributed by atoms with E-state index in [2.05, 4.69) is 20.6 Å². The van der Waals surface area contributed by atoms with Gasteiger partial charge in [-0.05, 0) is 51.4 Å². The number of alkyl halides is 3. The van der Waals surface area contributed by atoms with E-state index in [9.17, 15) is 26.2 Å². The van der Waals surface area contributed by atoms with Crippen LogP contribution in [0.2, 0.25) is 0 Å². The monoisotopic (exact) mass is 542 g/mol. The predicted molar refractivity (Wildman–Crippen MR) is 134 cm³/mol. The van der Waals surface area contributed by atoms with E-state index in [-0.39, 0.29) is 28.0 Å². The topological polar surface area (TPSA) is 110 Å². The average Bonchev–Trinajstić information content (AvgIpc) is 2.78. The van der Waals surface area contributed by atoms with Crippen molar-refractivity contribution in [3.8, 4) is 5.88 Å². The molecule has 2 heterocycles. The van der Waals surface area contributed by atoms with Crippen molar-refractivity contribution < 1.29 is 30.9 Å². The number of halogens is 3. The first-order valence-electron chi connectivity index (χ1n) is 10.7. The molecule has 2 N–H and O–H groups in total. The highest BCUT2D eigenvalue weighted by Crippen LogP contribution is 2.39. The fourth-order valence-corrected chi connectivity index (χ4v) is 5.16. The van der Waals surface area contributed by atoms with E-state index in [0.717, 1.165) is 6.07 Å². The van der Waals surface area contributed by atoms with Crippen molar-refractivity contribution in [3.63, 3.8) is 0 Å². The van der Waals surface area contributed by atoms with Gasteiger partial charge in [0.15, 0.2) is 9.84 Å². The van der Waals surface area contributed by atoms with Gasteiger partial charge in [-0.2, -0.15) is 13.2 Å². The molecule has 194 valence electrons. The molecule has 0 amide bonds. The highest BCUT2D eigenvalue weighted by atomic mass is 32.2. The van der Waals surface area contributed by atoms with Crippen LogP contribution in [0.5, 0.6) is 5.88 Å². The van der Waals surface area contributed by atoms with Crippen molar-refractivity contribution >= 4 is 45.3 Å². The average molecular weight is 543 g/mol. The number of benzene rings is 1. The summed E-state index contributed by atoms with van der Waals surface area (Å²) in [6, 6.07) is 9.93. The summed E-state index contributed by atoms with van der Waals surface area (Å²) in [4.78, 5) is 7.96. The summed E-state index contributed by atoms with van der Waals surface area (Å²) in [5.74, 6) is 0.0970. The van der Waals surface area contributed by atoms with E-state index in [4.69, 9.17) is 4.74 Å². The molecule has 0 fully saturated rings. The molecule has 36 heavy (non-hydrogen) atoms. The molecule has 0 spiro atoms. The lowest BCUT2D eigenvalue weighted by Gasteiger charge is -2.19. The summed E-state index contributed by atoms with van der Waals surface area (Å²) >= 11 is 0. The zero-order valence-electron chi connectivity index (χ0n) is 20.2. The van der Waals surface area contributed by atoms with Crippen molar-refractivity contribution in [2.45, 2.75) is 30.2 Å². The van der Waals surface area contributed by atoms with Gasteiger partial charge in [0, 0.05) is 12.3 Å². The normalized spacial score (nSPS) is 12.5. The van der Waals surface area contributed by atoms with Crippen molar-refractivity contribution in [2.75, 3.05) is 31.1 Å². The molecule has 0 atom stereocenters. The summed E-state index contributed by atoms with van der Waals surface area (Å²) in [7, 11) is -5.11. The minimum Gasteiger partial charge on any atom is -0.479 e. The molecular formula is C23H26F3N4O4PS. The van der Waals surface area contributed by atoms with Crippen LogP contribution < -0.4 is 20.8 Å². The molecule has 13 heteroatoms. The van der Waals surface area contributed by atoms with Gasteiger partial charge in [-0.25, -0.2) is 18.4 Å². The number of ether oxygens (including phenoxy) is 1. The maximum absolute atomic E-state index is 13.8. The highest BCUT2D eigenvalue weighted by Gasteiger charge is 2.35. The first-order chi connectivity index (χ1) is 16.6. The van der Waals surface area contributed by atoms with Crippen LogP contribution in [0.4, 0.5) is 36.1 Å². The van der Waals surface area contributed by atoms with Crippen LogP contribution in [-0.4, -0.2) is 44.1 Å². The van der Waals surface area contributed by atoms with E-state index in [0.29, 0.717) is 11.6 Å². The summed E-state index contributed by atoms with van der Waals surface area (Å²) in [5.41, 5.74) is -0.866. The second kappa shape index (κ2) is 10.1. The van der Waals surface area contributed by atoms with Crippen LogP contribution in [0.3, 0.4) is 0 Å². The number of hydrogen-bond acceptors (Lipinski definition) is 8. The van der Waals surface area contributed by atoms with Gasteiger partial charge in [-0.1, -0.05) is 12.1 Å². The van der Waals surface area contributed by atoms with Gasteiger partial charge in [0.05, 0.1) is 34.2 Å². The molecule has 0 radical (unpaired) electrons. The van der Waals surface area contributed by atoms with Crippen LogP contribution in [0.15, 0.2) is 53.6 Å². The molecule has 0 unspecified atom stereocenters. The number of nitrogens with zero attached hydrogens (tertiary/aromatic N) is 2. The molecule has 0 aliphatic rings. The van der Waals surface area contributed by atoms with Crippen molar-refractivity contribution in [3.05, 3.63) is 54.2 Å². The summed E-state index contributed by atoms with van der Waals surface area (Å²) in [6.07, 6.45) is -4.12. The number of aromatic nitrogens is 2. The van der Waals surface area contributed by atoms with Crippen molar-refractivity contribution in [1.29, 1.82) is 0 Å². The van der Waals surface area contributed by atoms with Crippen LogP contribution >= 0.6 is 7.14 Å². The molecule has 3 aromatic rings. The maximum atomic E-state index is 13.8. The Labute approximate surface area is 207 Å². The Morgan fingerprint density at radius 2 is 1.67 bits per heavy atom. The molecule has 0 aliphatic carbocycles. The van der Waals surface area contributed by atoms with E-state index in [1.54, 1.807) is 13.3 Å². The Morgan fingerprint density at radius 1 is 1.00 bits per heavy atom. The van der Waals surface area contributed by atoms with Crippen LogP contribution in [0.25, 0.3) is 0 Å². The van der Waals surface area contributed by atoms with Gasteiger partial charge in [-0.15, -0.1) is 0 Å². The van der Waals surface area contributed by atoms with Gasteiger partial charge in [-0.3, -0.25) is 0 Å². The maximum Gasteiger partial charge on any atom is 0.419 e. The second-order valence-corrected chi connectivity index (χ2v) is 14.2. The first-order valence-corrected chi connectivity index (χ1v) is 14.8. The van der Waals surface area contributed by atoms with Crippen LogP contribution in [0.1, 0.15) is 19.4 Å². The third kappa shape index (κ3) is 5.99. The zero-order valence-corrected chi connectivity index (χ0v) is 21.9. The Morgan fingerprint density at radius 3 is 2.25 bits per heavy atom.